The molecule has 0 aliphatic heterocycles. The van der Waals surface area contributed by atoms with E-state index in [1.165, 1.54) is 37.7 Å². The number of rotatable bonds is 3. The van der Waals surface area contributed by atoms with Crippen LogP contribution in [0, 0.1) is 5.92 Å². The Morgan fingerprint density at radius 2 is 2.15 bits per heavy atom. The minimum Gasteiger partial charge on any atom is -0.466 e. The molecule has 0 radical (unpaired) electrons. The van der Waals surface area contributed by atoms with E-state index in [4.69, 9.17) is 4.74 Å². The molecule has 0 bridgehead atoms. The molecule has 0 spiro atoms. The fraction of sp³-hybridized carbons (Fsp3) is 0.611. The number of carbonyl (C=O) groups is 1. The summed E-state index contributed by atoms with van der Waals surface area (Å²) in [5.74, 6) is 1.38. The average molecular weight is 272 g/mol. The van der Waals surface area contributed by atoms with Crippen molar-refractivity contribution in [1.82, 2.24) is 0 Å². The molecule has 0 aromatic heterocycles. The molecule has 1 fully saturated rings. The van der Waals surface area contributed by atoms with Crippen molar-refractivity contribution >= 4 is 5.97 Å². The summed E-state index contributed by atoms with van der Waals surface area (Å²) in [5, 5.41) is 0. The van der Waals surface area contributed by atoms with Gasteiger partial charge in [0.1, 0.15) is 0 Å². The molecule has 2 heteroatoms. The summed E-state index contributed by atoms with van der Waals surface area (Å²) in [5.41, 5.74) is 4.14. The van der Waals surface area contributed by atoms with Crippen molar-refractivity contribution in [1.29, 1.82) is 0 Å². The van der Waals surface area contributed by atoms with Gasteiger partial charge < -0.3 is 4.74 Å². The molecule has 2 aliphatic carbocycles. The van der Waals surface area contributed by atoms with E-state index in [1.807, 2.05) is 13.8 Å². The fourth-order valence-electron chi connectivity index (χ4n) is 3.98. The maximum absolute atomic E-state index is 11.9. The fourth-order valence-corrected chi connectivity index (χ4v) is 3.98. The van der Waals surface area contributed by atoms with Gasteiger partial charge >= 0.3 is 5.97 Å². The lowest BCUT2D eigenvalue weighted by Crippen LogP contribution is -2.13. The second kappa shape index (κ2) is 5.59. The van der Waals surface area contributed by atoms with Crippen molar-refractivity contribution in [2.45, 2.75) is 57.8 Å². The number of benzene rings is 1. The summed E-state index contributed by atoms with van der Waals surface area (Å²) in [6.45, 7) is 4.26. The van der Waals surface area contributed by atoms with Crippen molar-refractivity contribution in [3.8, 4) is 0 Å². The van der Waals surface area contributed by atoms with Gasteiger partial charge in [0.2, 0.25) is 0 Å². The third-order valence-electron chi connectivity index (χ3n) is 5.10. The minimum absolute atomic E-state index is 0.108. The molecule has 1 aromatic carbocycles. The quantitative estimate of drug-likeness (QED) is 0.771. The van der Waals surface area contributed by atoms with Crippen LogP contribution < -0.4 is 0 Å². The third-order valence-corrected chi connectivity index (χ3v) is 5.10. The number of esters is 1. The maximum atomic E-state index is 11.9. The Morgan fingerprint density at radius 1 is 1.35 bits per heavy atom. The van der Waals surface area contributed by atoms with Crippen LogP contribution in [-0.2, 0) is 16.0 Å². The lowest BCUT2D eigenvalue weighted by atomic mass is 9.80. The first kappa shape index (κ1) is 13.7. The van der Waals surface area contributed by atoms with E-state index in [9.17, 15) is 4.79 Å². The van der Waals surface area contributed by atoms with Gasteiger partial charge in [-0.3, -0.25) is 4.79 Å². The molecule has 3 atom stereocenters. The lowest BCUT2D eigenvalue weighted by molar-refractivity contribution is -0.144. The molecule has 20 heavy (non-hydrogen) atoms. The largest absolute Gasteiger partial charge is 0.466 e. The lowest BCUT2D eigenvalue weighted by Gasteiger charge is -2.25. The van der Waals surface area contributed by atoms with Crippen molar-refractivity contribution in [3.63, 3.8) is 0 Å². The molecular weight excluding hydrogens is 248 g/mol. The van der Waals surface area contributed by atoms with Crippen LogP contribution in [0.2, 0.25) is 0 Å². The zero-order chi connectivity index (χ0) is 14.1. The summed E-state index contributed by atoms with van der Waals surface area (Å²) in [6.07, 6.45) is 6.71. The van der Waals surface area contributed by atoms with Crippen molar-refractivity contribution in [2.24, 2.45) is 5.92 Å². The van der Waals surface area contributed by atoms with E-state index in [1.54, 1.807) is 5.56 Å². The SMILES string of the molecule is CCOC(=O)[C@H](C)c1ccc2c(c1)C[C@@H]1CCCC[C@@H]21. The number of hydrogen-bond acceptors (Lipinski definition) is 2. The second-order valence-corrected chi connectivity index (χ2v) is 6.29. The van der Waals surface area contributed by atoms with Gasteiger partial charge in [0, 0.05) is 0 Å². The summed E-state index contributed by atoms with van der Waals surface area (Å²) >= 11 is 0. The van der Waals surface area contributed by atoms with Gasteiger partial charge in [-0.25, -0.2) is 0 Å². The first-order valence-electron chi connectivity index (χ1n) is 8.00. The summed E-state index contributed by atoms with van der Waals surface area (Å²) in [7, 11) is 0. The molecular formula is C18H24O2. The molecule has 0 heterocycles. The summed E-state index contributed by atoms with van der Waals surface area (Å²) in [6, 6.07) is 6.67. The Morgan fingerprint density at radius 3 is 2.95 bits per heavy atom. The van der Waals surface area contributed by atoms with Crippen LogP contribution in [0.1, 0.15) is 68.1 Å². The highest BCUT2D eigenvalue weighted by atomic mass is 16.5. The van der Waals surface area contributed by atoms with E-state index in [0.717, 1.165) is 17.4 Å². The van der Waals surface area contributed by atoms with Crippen LogP contribution in [0.3, 0.4) is 0 Å². The van der Waals surface area contributed by atoms with Crippen LogP contribution in [0.4, 0.5) is 0 Å². The number of fused-ring (bicyclic) bond motifs is 3. The van der Waals surface area contributed by atoms with Gasteiger partial charge in [-0.05, 0) is 61.6 Å². The molecule has 2 aliphatic rings. The van der Waals surface area contributed by atoms with E-state index >= 15 is 0 Å². The normalized spacial score (nSPS) is 25.7. The molecule has 0 unspecified atom stereocenters. The predicted octanol–water partition coefficient (Wildman–Crippen LogP) is 4.18. The van der Waals surface area contributed by atoms with E-state index < -0.39 is 0 Å². The van der Waals surface area contributed by atoms with Gasteiger partial charge in [-0.1, -0.05) is 31.0 Å². The zero-order valence-corrected chi connectivity index (χ0v) is 12.5. The Bertz CT molecular complexity index is 506. The minimum atomic E-state index is -0.150. The van der Waals surface area contributed by atoms with Crippen LogP contribution in [0.15, 0.2) is 18.2 Å². The van der Waals surface area contributed by atoms with Crippen molar-refractivity contribution < 1.29 is 9.53 Å². The standard InChI is InChI=1S/C18H24O2/c1-3-20-18(19)12(2)13-8-9-17-15(10-13)11-14-6-4-5-7-16(14)17/h8-10,12,14,16H,3-7,11H2,1-2H3/t12-,14+,16-/m1/s1. The highest BCUT2D eigenvalue weighted by molar-refractivity contribution is 5.77. The Kier molecular flexibility index (Phi) is 3.82. The monoisotopic (exact) mass is 272 g/mol. The molecule has 1 aromatic rings. The summed E-state index contributed by atoms with van der Waals surface area (Å²) < 4.78 is 5.13. The Labute approximate surface area is 121 Å². The topological polar surface area (TPSA) is 26.3 Å². The molecule has 0 amide bonds. The molecule has 1 saturated carbocycles. The number of carbonyl (C=O) groups excluding carboxylic acids is 1. The van der Waals surface area contributed by atoms with Gasteiger partial charge in [0.05, 0.1) is 12.5 Å². The van der Waals surface area contributed by atoms with Gasteiger partial charge in [-0.15, -0.1) is 0 Å². The van der Waals surface area contributed by atoms with Crippen LogP contribution in [-0.4, -0.2) is 12.6 Å². The van der Waals surface area contributed by atoms with Crippen LogP contribution in [0.25, 0.3) is 0 Å². The predicted molar refractivity (Wildman–Crippen MR) is 79.9 cm³/mol. The van der Waals surface area contributed by atoms with Crippen LogP contribution in [0.5, 0.6) is 0 Å². The first-order chi connectivity index (χ1) is 9.70. The molecule has 0 N–H and O–H groups in total. The van der Waals surface area contributed by atoms with Crippen LogP contribution >= 0.6 is 0 Å². The zero-order valence-electron chi connectivity index (χ0n) is 12.5. The maximum Gasteiger partial charge on any atom is 0.313 e. The van der Waals surface area contributed by atoms with Gasteiger partial charge in [0.25, 0.3) is 0 Å². The highest BCUT2D eigenvalue weighted by Crippen LogP contribution is 2.47. The Balaban J connectivity index is 1.82. The molecule has 3 rings (SSSR count). The molecule has 2 nitrogen and oxygen atoms in total. The second-order valence-electron chi connectivity index (χ2n) is 6.29. The molecule has 108 valence electrons. The Hall–Kier alpha value is -1.31. The smallest absolute Gasteiger partial charge is 0.313 e. The summed E-state index contributed by atoms with van der Waals surface area (Å²) in [4.78, 5) is 11.9. The van der Waals surface area contributed by atoms with Gasteiger partial charge in [0.15, 0.2) is 0 Å². The first-order valence-corrected chi connectivity index (χ1v) is 8.00. The number of hydrogen-bond donors (Lipinski definition) is 0. The van der Waals surface area contributed by atoms with E-state index in [2.05, 4.69) is 18.2 Å². The number of ether oxygens (including phenoxy) is 1. The third kappa shape index (κ3) is 2.36. The van der Waals surface area contributed by atoms with E-state index in [0.29, 0.717) is 6.61 Å². The molecule has 0 saturated heterocycles. The average Bonchev–Trinajstić information content (AvgIpc) is 2.84. The van der Waals surface area contributed by atoms with Crippen molar-refractivity contribution in [3.05, 3.63) is 34.9 Å². The highest BCUT2D eigenvalue weighted by Gasteiger charge is 2.34. The van der Waals surface area contributed by atoms with Gasteiger partial charge in [-0.2, -0.15) is 0 Å². The van der Waals surface area contributed by atoms with Crippen molar-refractivity contribution in [2.75, 3.05) is 6.61 Å². The van der Waals surface area contributed by atoms with E-state index in [-0.39, 0.29) is 11.9 Å².